The average Bonchev–Trinajstić information content (AvgIpc) is 2.18. The van der Waals surface area contributed by atoms with E-state index in [9.17, 15) is 0 Å². The molecule has 0 unspecified atom stereocenters. The third-order valence-corrected chi connectivity index (χ3v) is 2.17. The molecule has 0 aliphatic heterocycles. The van der Waals surface area contributed by atoms with Crippen LogP contribution in [0.2, 0.25) is 0 Å². The van der Waals surface area contributed by atoms with Crippen LogP contribution in [0.1, 0.15) is 11.1 Å². The second kappa shape index (κ2) is 4.30. The third-order valence-electron chi connectivity index (χ3n) is 2.17. The first-order valence-corrected chi connectivity index (χ1v) is 4.32. The van der Waals surface area contributed by atoms with E-state index in [1.165, 1.54) is 0 Å². The van der Waals surface area contributed by atoms with Crippen LogP contribution in [-0.4, -0.2) is 0 Å². The van der Waals surface area contributed by atoms with Crippen LogP contribution in [0.15, 0.2) is 18.2 Å². The fourth-order valence-electron chi connectivity index (χ4n) is 1.33. The van der Waals surface area contributed by atoms with Crippen molar-refractivity contribution < 1.29 is 0 Å². The van der Waals surface area contributed by atoms with Gasteiger partial charge in [-0.05, 0) is 24.1 Å². The molecule has 0 atom stereocenters. The van der Waals surface area contributed by atoms with Crippen LogP contribution in [0.25, 0.3) is 0 Å². The van der Waals surface area contributed by atoms with Crippen LogP contribution in [0.4, 0.5) is 5.69 Å². The summed E-state index contributed by atoms with van der Waals surface area (Å²) in [5.74, 6) is -0.613. The van der Waals surface area contributed by atoms with Crippen molar-refractivity contribution in [3.63, 3.8) is 0 Å². The van der Waals surface area contributed by atoms with E-state index in [1.807, 2.05) is 31.2 Å². The van der Waals surface area contributed by atoms with Crippen molar-refractivity contribution in [2.75, 3.05) is 5.73 Å². The first kappa shape index (κ1) is 10.1. The molecule has 2 N–H and O–H groups in total. The molecule has 1 rings (SSSR count). The fourth-order valence-corrected chi connectivity index (χ4v) is 1.33. The molecule has 3 nitrogen and oxygen atoms in total. The van der Waals surface area contributed by atoms with Crippen LogP contribution < -0.4 is 5.73 Å². The van der Waals surface area contributed by atoms with Crippen LogP contribution in [0, 0.1) is 35.5 Å². The number of benzene rings is 1. The maximum absolute atomic E-state index is 8.66. The van der Waals surface area contributed by atoms with Crippen LogP contribution in [0.5, 0.6) is 0 Å². The first-order valence-electron chi connectivity index (χ1n) is 4.32. The van der Waals surface area contributed by atoms with Crippen molar-refractivity contribution in [2.45, 2.75) is 13.3 Å². The summed E-state index contributed by atoms with van der Waals surface area (Å²) in [6, 6.07) is 9.45. The molecule has 0 amide bonds. The van der Waals surface area contributed by atoms with E-state index in [-0.39, 0.29) is 0 Å². The Balaban J connectivity index is 2.99. The first-order chi connectivity index (χ1) is 6.69. The monoisotopic (exact) mass is 185 g/mol. The zero-order chi connectivity index (χ0) is 10.6. The number of nitrogens with zero attached hydrogens (tertiary/aromatic N) is 2. The van der Waals surface area contributed by atoms with Crippen LogP contribution >= 0.6 is 0 Å². The van der Waals surface area contributed by atoms with E-state index in [0.717, 1.165) is 11.1 Å². The molecule has 0 aliphatic carbocycles. The van der Waals surface area contributed by atoms with Gasteiger partial charge < -0.3 is 5.73 Å². The van der Waals surface area contributed by atoms with Crippen molar-refractivity contribution in [2.24, 2.45) is 5.92 Å². The minimum Gasteiger partial charge on any atom is -0.398 e. The molecule has 3 heteroatoms. The molecule has 0 spiro atoms. The van der Waals surface area contributed by atoms with Gasteiger partial charge in [0.05, 0.1) is 12.1 Å². The highest BCUT2D eigenvalue weighted by atomic mass is 14.6. The fraction of sp³-hybridized carbons (Fsp3) is 0.273. The molecule has 0 radical (unpaired) electrons. The number of anilines is 1. The Morgan fingerprint density at radius 1 is 1.36 bits per heavy atom. The summed E-state index contributed by atoms with van der Waals surface area (Å²) in [6.45, 7) is 1.93. The van der Waals surface area contributed by atoms with Crippen LogP contribution in [-0.2, 0) is 6.42 Å². The summed E-state index contributed by atoms with van der Waals surface area (Å²) < 4.78 is 0. The van der Waals surface area contributed by atoms with Crippen LogP contribution in [0.3, 0.4) is 0 Å². The number of hydrogen-bond donors (Lipinski definition) is 1. The molecule has 14 heavy (non-hydrogen) atoms. The lowest BCUT2D eigenvalue weighted by Crippen LogP contribution is -2.04. The average molecular weight is 185 g/mol. The highest BCUT2D eigenvalue weighted by Gasteiger charge is 2.10. The molecule has 70 valence electrons. The topological polar surface area (TPSA) is 73.6 Å². The molecule has 0 heterocycles. The highest BCUT2D eigenvalue weighted by molar-refractivity contribution is 5.51. The molecule has 1 aromatic carbocycles. The molecule has 0 aromatic heterocycles. The molecule has 0 bridgehead atoms. The van der Waals surface area contributed by atoms with Gasteiger partial charge in [-0.2, -0.15) is 10.5 Å². The molecule has 0 saturated heterocycles. The summed E-state index contributed by atoms with van der Waals surface area (Å²) in [5.41, 5.74) is 8.35. The van der Waals surface area contributed by atoms with Gasteiger partial charge in [-0.25, -0.2) is 0 Å². The van der Waals surface area contributed by atoms with E-state index in [4.69, 9.17) is 16.3 Å². The van der Waals surface area contributed by atoms with Gasteiger partial charge in [0, 0.05) is 12.1 Å². The Bertz CT molecular complexity index is 375. The van der Waals surface area contributed by atoms with Gasteiger partial charge in [0.1, 0.15) is 5.92 Å². The number of hydrogen-bond acceptors (Lipinski definition) is 3. The zero-order valence-corrected chi connectivity index (χ0v) is 7.99. The summed E-state index contributed by atoms with van der Waals surface area (Å²) in [7, 11) is 0. The standard InChI is InChI=1S/C11H11N3/c1-8-3-2-4-11(14)10(8)5-9(6-12)7-13/h2-4,9H,5,14H2,1H3. The maximum Gasteiger partial charge on any atom is 0.137 e. The second-order valence-corrected chi connectivity index (χ2v) is 3.16. The highest BCUT2D eigenvalue weighted by Crippen LogP contribution is 2.19. The van der Waals surface area contributed by atoms with E-state index in [1.54, 1.807) is 6.07 Å². The number of aryl methyl sites for hydroxylation is 1. The van der Waals surface area contributed by atoms with Gasteiger partial charge in [0.2, 0.25) is 0 Å². The lowest BCUT2D eigenvalue weighted by atomic mass is 9.96. The SMILES string of the molecule is Cc1cccc(N)c1CC(C#N)C#N. The molecule has 0 aliphatic rings. The van der Waals surface area contributed by atoms with Crippen molar-refractivity contribution >= 4 is 5.69 Å². The number of nitrogens with two attached hydrogens (primary N) is 1. The van der Waals surface area contributed by atoms with E-state index in [2.05, 4.69) is 0 Å². The number of nitriles is 2. The lowest BCUT2D eigenvalue weighted by molar-refractivity contribution is 0.830. The number of nitrogen functional groups attached to an aromatic ring is 1. The minimum atomic E-state index is -0.613. The smallest absolute Gasteiger partial charge is 0.137 e. The Morgan fingerprint density at radius 2 is 2.00 bits per heavy atom. The van der Waals surface area contributed by atoms with Gasteiger partial charge >= 0.3 is 0 Å². The Morgan fingerprint density at radius 3 is 2.50 bits per heavy atom. The quantitative estimate of drug-likeness (QED) is 0.714. The molecular weight excluding hydrogens is 174 g/mol. The predicted molar refractivity (Wildman–Crippen MR) is 54.0 cm³/mol. The number of rotatable bonds is 2. The molecule has 0 fully saturated rings. The van der Waals surface area contributed by atoms with Gasteiger partial charge in [-0.1, -0.05) is 12.1 Å². The predicted octanol–water partition coefficient (Wildman–Crippen LogP) is 1.78. The van der Waals surface area contributed by atoms with Crippen molar-refractivity contribution in [1.29, 1.82) is 10.5 Å². The summed E-state index contributed by atoms with van der Waals surface area (Å²) in [5, 5.41) is 17.3. The van der Waals surface area contributed by atoms with E-state index < -0.39 is 5.92 Å². The van der Waals surface area contributed by atoms with E-state index >= 15 is 0 Å². The summed E-state index contributed by atoms with van der Waals surface area (Å²) in [4.78, 5) is 0. The van der Waals surface area contributed by atoms with Gasteiger partial charge in [0.15, 0.2) is 0 Å². The van der Waals surface area contributed by atoms with Crippen molar-refractivity contribution in [3.05, 3.63) is 29.3 Å². The largest absolute Gasteiger partial charge is 0.398 e. The minimum absolute atomic E-state index is 0.408. The van der Waals surface area contributed by atoms with Gasteiger partial charge in [0.25, 0.3) is 0 Å². The maximum atomic E-state index is 8.66. The normalized spacial score (nSPS) is 9.43. The Kier molecular flexibility index (Phi) is 3.09. The summed E-state index contributed by atoms with van der Waals surface area (Å²) >= 11 is 0. The molecular formula is C11H11N3. The Hall–Kier alpha value is -2.00. The third kappa shape index (κ3) is 2.02. The van der Waals surface area contributed by atoms with Gasteiger partial charge in [-0.15, -0.1) is 0 Å². The molecule has 1 aromatic rings. The van der Waals surface area contributed by atoms with Crippen molar-refractivity contribution in [1.82, 2.24) is 0 Å². The zero-order valence-electron chi connectivity index (χ0n) is 7.99. The Labute approximate surface area is 83.4 Å². The second-order valence-electron chi connectivity index (χ2n) is 3.16. The van der Waals surface area contributed by atoms with Crippen molar-refractivity contribution in [3.8, 4) is 12.1 Å². The summed E-state index contributed by atoms with van der Waals surface area (Å²) in [6.07, 6.45) is 0.408. The lowest BCUT2D eigenvalue weighted by Gasteiger charge is -2.08. The van der Waals surface area contributed by atoms with Gasteiger partial charge in [-0.3, -0.25) is 0 Å². The molecule has 0 saturated carbocycles. The van der Waals surface area contributed by atoms with E-state index in [0.29, 0.717) is 12.1 Å².